The number of hydrogen-bond donors (Lipinski definition) is 2. The number of rotatable bonds is 3. The molecule has 0 fully saturated rings. The summed E-state index contributed by atoms with van der Waals surface area (Å²) in [5.41, 5.74) is 6.38. The first-order valence-corrected chi connectivity index (χ1v) is 4.81. The molecule has 4 heteroatoms. The van der Waals surface area contributed by atoms with Gasteiger partial charge in [-0.25, -0.2) is 4.39 Å². The fourth-order valence-electron chi connectivity index (χ4n) is 1.19. The van der Waals surface area contributed by atoms with Gasteiger partial charge in [-0.15, -0.1) is 0 Å². The molecule has 0 aromatic heterocycles. The van der Waals surface area contributed by atoms with Crippen molar-refractivity contribution in [2.24, 2.45) is 5.73 Å². The Hall–Kier alpha value is -0.450. The van der Waals surface area contributed by atoms with Crippen LogP contribution in [0.1, 0.15) is 11.6 Å². The van der Waals surface area contributed by atoms with Gasteiger partial charge in [0.2, 0.25) is 0 Å². The number of nitrogens with two attached hydrogens (primary N) is 1. The van der Waals surface area contributed by atoms with Crippen LogP contribution in [-0.2, 0) is 0 Å². The van der Waals surface area contributed by atoms with E-state index < -0.39 is 0 Å². The van der Waals surface area contributed by atoms with Crippen molar-refractivity contribution in [3.8, 4) is 0 Å². The molecule has 0 aliphatic rings. The minimum atomic E-state index is -0.258. The fourth-order valence-corrected chi connectivity index (χ4v) is 1.73. The van der Waals surface area contributed by atoms with Crippen molar-refractivity contribution in [1.82, 2.24) is 5.32 Å². The summed E-state index contributed by atoms with van der Waals surface area (Å²) in [5, 5.41) is 3.01. The average Bonchev–Trinajstić information content (AvgIpc) is 2.14. The van der Waals surface area contributed by atoms with E-state index in [1.165, 1.54) is 6.07 Å². The van der Waals surface area contributed by atoms with Crippen molar-refractivity contribution in [3.05, 3.63) is 34.1 Å². The summed E-state index contributed by atoms with van der Waals surface area (Å²) in [7, 11) is 1.80. The van der Waals surface area contributed by atoms with Crippen LogP contribution in [0.25, 0.3) is 0 Å². The van der Waals surface area contributed by atoms with Gasteiger partial charge in [0.15, 0.2) is 0 Å². The van der Waals surface area contributed by atoms with Gasteiger partial charge < -0.3 is 11.1 Å². The largest absolute Gasteiger partial charge is 0.329 e. The summed E-state index contributed by atoms with van der Waals surface area (Å²) >= 11 is 3.19. The zero-order valence-corrected chi connectivity index (χ0v) is 8.94. The van der Waals surface area contributed by atoms with Crippen LogP contribution in [0.15, 0.2) is 22.7 Å². The van der Waals surface area contributed by atoms with Crippen LogP contribution >= 0.6 is 15.9 Å². The highest BCUT2D eigenvalue weighted by atomic mass is 79.9. The number of nitrogens with one attached hydrogen (secondary N) is 1. The number of benzene rings is 1. The third-order valence-electron chi connectivity index (χ3n) is 1.94. The maximum atomic E-state index is 13.1. The van der Waals surface area contributed by atoms with Crippen molar-refractivity contribution >= 4 is 15.9 Å². The quantitative estimate of drug-likeness (QED) is 0.854. The summed E-state index contributed by atoms with van der Waals surface area (Å²) in [6.45, 7) is 0.443. The first kappa shape index (κ1) is 10.6. The molecule has 1 atom stereocenters. The molecule has 0 radical (unpaired) electrons. The lowest BCUT2D eigenvalue weighted by Gasteiger charge is -2.15. The molecule has 1 aromatic rings. The van der Waals surface area contributed by atoms with Crippen LogP contribution < -0.4 is 11.1 Å². The summed E-state index contributed by atoms with van der Waals surface area (Å²) in [4.78, 5) is 0. The van der Waals surface area contributed by atoms with Gasteiger partial charge in [-0.2, -0.15) is 0 Å². The van der Waals surface area contributed by atoms with Crippen molar-refractivity contribution in [2.75, 3.05) is 13.6 Å². The van der Waals surface area contributed by atoms with Crippen LogP contribution in [0.3, 0.4) is 0 Å². The van der Waals surface area contributed by atoms with Gasteiger partial charge in [-0.05, 0) is 34.6 Å². The van der Waals surface area contributed by atoms with E-state index in [4.69, 9.17) is 5.73 Å². The molecule has 13 heavy (non-hydrogen) atoms. The number of likely N-dealkylation sites (N-methyl/N-ethyl adjacent to an activating group) is 1. The first-order chi connectivity index (χ1) is 6.20. The molecule has 1 rings (SSSR count). The first-order valence-electron chi connectivity index (χ1n) is 4.02. The molecule has 0 saturated carbocycles. The van der Waals surface area contributed by atoms with Gasteiger partial charge in [0.05, 0.1) is 4.47 Å². The monoisotopic (exact) mass is 246 g/mol. The van der Waals surface area contributed by atoms with E-state index in [0.29, 0.717) is 11.0 Å². The minimum absolute atomic E-state index is 0.00919. The molecule has 1 aromatic carbocycles. The zero-order chi connectivity index (χ0) is 9.84. The van der Waals surface area contributed by atoms with E-state index in [1.54, 1.807) is 13.1 Å². The van der Waals surface area contributed by atoms with Gasteiger partial charge >= 0.3 is 0 Å². The Kier molecular flexibility index (Phi) is 3.84. The molecule has 2 nitrogen and oxygen atoms in total. The molecule has 3 N–H and O–H groups in total. The lowest BCUT2D eigenvalue weighted by Crippen LogP contribution is -2.25. The Morgan fingerprint density at radius 2 is 2.31 bits per heavy atom. The van der Waals surface area contributed by atoms with Crippen molar-refractivity contribution in [2.45, 2.75) is 6.04 Å². The zero-order valence-electron chi connectivity index (χ0n) is 7.35. The molecule has 1 unspecified atom stereocenters. The SMILES string of the molecule is CNC(CN)c1cccc(F)c1Br. The molecule has 0 heterocycles. The van der Waals surface area contributed by atoms with Crippen LogP contribution in [-0.4, -0.2) is 13.6 Å². The van der Waals surface area contributed by atoms with Gasteiger partial charge in [0, 0.05) is 12.6 Å². The highest BCUT2D eigenvalue weighted by Crippen LogP contribution is 2.25. The highest BCUT2D eigenvalue weighted by molar-refractivity contribution is 9.10. The van der Waals surface area contributed by atoms with E-state index in [9.17, 15) is 4.39 Å². The summed E-state index contributed by atoms with van der Waals surface area (Å²) in [5.74, 6) is -0.258. The predicted molar refractivity (Wildman–Crippen MR) is 55.0 cm³/mol. The Labute approximate surface area is 85.4 Å². The normalized spacial score (nSPS) is 12.9. The van der Waals surface area contributed by atoms with Gasteiger partial charge in [0.25, 0.3) is 0 Å². The van der Waals surface area contributed by atoms with E-state index in [2.05, 4.69) is 21.2 Å². The van der Waals surface area contributed by atoms with Crippen LogP contribution in [0.2, 0.25) is 0 Å². The lowest BCUT2D eigenvalue weighted by molar-refractivity contribution is 0.580. The molecule has 0 aliphatic heterocycles. The molecule has 72 valence electrons. The molecule has 0 aliphatic carbocycles. The topological polar surface area (TPSA) is 38.0 Å². The van der Waals surface area contributed by atoms with Gasteiger partial charge in [-0.3, -0.25) is 0 Å². The summed E-state index contributed by atoms with van der Waals surface area (Å²) in [6, 6.07) is 4.93. The van der Waals surface area contributed by atoms with Crippen molar-refractivity contribution < 1.29 is 4.39 Å². The third-order valence-corrected chi connectivity index (χ3v) is 2.78. The van der Waals surface area contributed by atoms with E-state index in [-0.39, 0.29) is 11.9 Å². The Morgan fingerprint density at radius 3 is 2.85 bits per heavy atom. The Bertz CT molecular complexity index is 287. The maximum Gasteiger partial charge on any atom is 0.137 e. The van der Waals surface area contributed by atoms with Crippen molar-refractivity contribution in [3.63, 3.8) is 0 Å². The fraction of sp³-hybridized carbons (Fsp3) is 0.333. The second-order valence-electron chi connectivity index (χ2n) is 2.72. The van der Waals surface area contributed by atoms with Crippen LogP contribution in [0.5, 0.6) is 0 Å². The second-order valence-corrected chi connectivity index (χ2v) is 3.51. The predicted octanol–water partition coefficient (Wildman–Crippen LogP) is 1.81. The standard InChI is InChI=1S/C9H12BrFN2/c1-13-8(5-12)6-3-2-4-7(11)9(6)10/h2-4,8,13H,5,12H2,1H3. The van der Waals surface area contributed by atoms with E-state index in [1.807, 2.05) is 6.07 Å². The van der Waals surface area contributed by atoms with Gasteiger partial charge in [-0.1, -0.05) is 12.1 Å². The second kappa shape index (κ2) is 4.69. The van der Waals surface area contributed by atoms with Crippen LogP contribution in [0, 0.1) is 5.82 Å². The molecule has 0 amide bonds. The summed E-state index contributed by atoms with van der Waals surface area (Å²) in [6.07, 6.45) is 0. The van der Waals surface area contributed by atoms with E-state index >= 15 is 0 Å². The molecule has 0 bridgehead atoms. The number of hydrogen-bond acceptors (Lipinski definition) is 2. The molecular formula is C9H12BrFN2. The van der Waals surface area contributed by atoms with Gasteiger partial charge in [0.1, 0.15) is 5.82 Å². The lowest BCUT2D eigenvalue weighted by atomic mass is 10.1. The summed E-state index contributed by atoms with van der Waals surface area (Å²) < 4.78 is 13.6. The smallest absolute Gasteiger partial charge is 0.137 e. The Morgan fingerprint density at radius 1 is 1.62 bits per heavy atom. The highest BCUT2D eigenvalue weighted by Gasteiger charge is 2.12. The Balaban J connectivity index is 3.05. The average molecular weight is 247 g/mol. The molecule has 0 saturated heterocycles. The maximum absolute atomic E-state index is 13.1. The molecular weight excluding hydrogens is 235 g/mol. The number of halogens is 2. The van der Waals surface area contributed by atoms with Crippen LogP contribution in [0.4, 0.5) is 4.39 Å². The van der Waals surface area contributed by atoms with E-state index in [0.717, 1.165) is 5.56 Å². The van der Waals surface area contributed by atoms with Crippen molar-refractivity contribution in [1.29, 1.82) is 0 Å². The minimum Gasteiger partial charge on any atom is -0.329 e. The third kappa shape index (κ3) is 2.27. The molecule has 0 spiro atoms.